The number of nitrogens with one attached hydrogen (secondary N) is 1. The fourth-order valence-corrected chi connectivity index (χ4v) is 1.58. The molecule has 0 aromatic heterocycles. The maximum absolute atomic E-state index is 11.1. The van der Waals surface area contributed by atoms with E-state index in [0.717, 1.165) is 5.56 Å². The summed E-state index contributed by atoms with van der Waals surface area (Å²) in [6.07, 6.45) is -0.326. The Labute approximate surface area is 98.5 Å². The van der Waals surface area contributed by atoms with Gasteiger partial charge in [-0.3, -0.25) is 4.79 Å². The predicted octanol–water partition coefficient (Wildman–Crippen LogP) is 1.91. The molecule has 16 heavy (non-hydrogen) atoms. The van der Waals surface area contributed by atoms with Gasteiger partial charge in [0, 0.05) is 11.3 Å². The number of hydrogen-bond donors (Lipinski definition) is 1. The van der Waals surface area contributed by atoms with Crippen LogP contribution in [-0.2, 0) is 14.3 Å². The van der Waals surface area contributed by atoms with Crippen molar-refractivity contribution < 1.29 is 14.3 Å². The third kappa shape index (κ3) is 2.72. The SMILES string of the molecule is O=C(CCl)Nc1cccc(C2OCCO2)c1. The first kappa shape index (κ1) is 11.4. The molecule has 1 aromatic carbocycles. The summed E-state index contributed by atoms with van der Waals surface area (Å²) in [5.41, 5.74) is 1.59. The number of benzene rings is 1. The van der Waals surface area contributed by atoms with Crippen LogP contribution >= 0.6 is 11.6 Å². The van der Waals surface area contributed by atoms with E-state index >= 15 is 0 Å². The van der Waals surface area contributed by atoms with Gasteiger partial charge in [-0.1, -0.05) is 12.1 Å². The molecule has 1 heterocycles. The average molecular weight is 242 g/mol. The summed E-state index contributed by atoms with van der Waals surface area (Å²) in [6, 6.07) is 7.35. The molecule has 1 aromatic rings. The average Bonchev–Trinajstić information content (AvgIpc) is 2.83. The highest BCUT2D eigenvalue weighted by atomic mass is 35.5. The van der Waals surface area contributed by atoms with E-state index in [1.165, 1.54) is 0 Å². The lowest BCUT2D eigenvalue weighted by Gasteiger charge is -2.11. The Morgan fingerprint density at radius 2 is 2.19 bits per heavy atom. The molecule has 1 aliphatic rings. The Bertz CT molecular complexity index is 377. The summed E-state index contributed by atoms with van der Waals surface area (Å²) < 4.78 is 10.7. The predicted molar refractivity (Wildman–Crippen MR) is 60.4 cm³/mol. The topological polar surface area (TPSA) is 47.6 Å². The van der Waals surface area contributed by atoms with Crippen molar-refractivity contribution in [2.24, 2.45) is 0 Å². The van der Waals surface area contributed by atoms with Crippen molar-refractivity contribution in [2.45, 2.75) is 6.29 Å². The van der Waals surface area contributed by atoms with E-state index in [4.69, 9.17) is 21.1 Å². The number of carbonyl (C=O) groups is 1. The molecule has 1 N–H and O–H groups in total. The van der Waals surface area contributed by atoms with Gasteiger partial charge in [-0.2, -0.15) is 0 Å². The molecule has 0 spiro atoms. The largest absolute Gasteiger partial charge is 0.346 e. The molecule has 86 valence electrons. The van der Waals surface area contributed by atoms with Crippen molar-refractivity contribution in [1.29, 1.82) is 0 Å². The summed E-state index contributed by atoms with van der Waals surface area (Å²) in [7, 11) is 0. The first-order chi connectivity index (χ1) is 7.79. The zero-order valence-electron chi connectivity index (χ0n) is 8.61. The number of halogens is 1. The minimum Gasteiger partial charge on any atom is -0.346 e. The van der Waals surface area contributed by atoms with Crippen LogP contribution in [0, 0.1) is 0 Å². The lowest BCUT2D eigenvalue weighted by Crippen LogP contribution is -2.12. The minimum absolute atomic E-state index is 0.0549. The zero-order chi connectivity index (χ0) is 11.4. The van der Waals surface area contributed by atoms with Crippen LogP contribution in [0.4, 0.5) is 5.69 Å². The first-order valence-corrected chi connectivity index (χ1v) is 5.52. The van der Waals surface area contributed by atoms with E-state index in [0.29, 0.717) is 18.9 Å². The Hall–Kier alpha value is -1.10. The van der Waals surface area contributed by atoms with Crippen LogP contribution in [0.15, 0.2) is 24.3 Å². The van der Waals surface area contributed by atoms with Gasteiger partial charge in [-0.05, 0) is 12.1 Å². The van der Waals surface area contributed by atoms with Crippen LogP contribution in [-0.4, -0.2) is 25.0 Å². The van der Waals surface area contributed by atoms with E-state index in [2.05, 4.69) is 5.32 Å². The first-order valence-electron chi connectivity index (χ1n) is 4.98. The Kier molecular flexibility index (Phi) is 3.77. The summed E-state index contributed by atoms with van der Waals surface area (Å²) in [5, 5.41) is 2.67. The van der Waals surface area contributed by atoms with Gasteiger partial charge in [0.1, 0.15) is 5.88 Å². The molecule has 0 bridgehead atoms. The quantitative estimate of drug-likeness (QED) is 0.823. The Morgan fingerprint density at radius 3 is 2.88 bits per heavy atom. The monoisotopic (exact) mass is 241 g/mol. The summed E-state index contributed by atoms with van der Waals surface area (Å²) in [4.78, 5) is 11.1. The summed E-state index contributed by atoms with van der Waals surface area (Å²) in [5.74, 6) is -0.284. The number of carbonyl (C=O) groups excluding carboxylic acids is 1. The maximum Gasteiger partial charge on any atom is 0.239 e. The van der Waals surface area contributed by atoms with Crippen molar-refractivity contribution >= 4 is 23.2 Å². The second kappa shape index (κ2) is 5.30. The van der Waals surface area contributed by atoms with Crippen LogP contribution in [0.25, 0.3) is 0 Å². The standard InChI is InChI=1S/C11H12ClNO3/c12-7-10(14)13-9-3-1-2-8(6-9)11-15-4-5-16-11/h1-3,6,11H,4-5,7H2,(H,13,14). The molecule has 2 rings (SSSR count). The molecule has 0 radical (unpaired) electrons. The van der Waals surface area contributed by atoms with Crippen molar-refractivity contribution in [2.75, 3.05) is 24.4 Å². The second-order valence-corrected chi connectivity index (χ2v) is 3.65. The van der Waals surface area contributed by atoms with Crippen LogP contribution in [0.1, 0.15) is 11.9 Å². The van der Waals surface area contributed by atoms with Gasteiger partial charge in [-0.15, -0.1) is 11.6 Å². The molecule has 1 aliphatic heterocycles. The molecular formula is C11H12ClNO3. The smallest absolute Gasteiger partial charge is 0.239 e. The van der Waals surface area contributed by atoms with Gasteiger partial charge in [0.25, 0.3) is 0 Å². The molecule has 4 nitrogen and oxygen atoms in total. The Balaban J connectivity index is 2.09. The van der Waals surface area contributed by atoms with E-state index in [-0.39, 0.29) is 18.1 Å². The highest BCUT2D eigenvalue weighted by molar-refractivity contribution is 6.29. The van der Waals surface area contributed by atoms with E-state index in [1.807, 2.05) is 18.2 Å². The maximum atomic E-state index is 11.1. The van der Waals surface area contributed by atoms with Crippen molar-refractivity contribution in [3.05, 3.63) is 29.8 Å². The number of amides is 1. The number of alkyl halides is 1. The molecule has 0 saturated carbocycles. The lowest BCUT2D eigenvalue weighted by atomic mass is 10.2. The highest BCUT2D eigenvalue weighted by Gasteiger charge is 2.18. The minimum atomic E-state index is -0.326. The molecule has 0 atom stereocenters. The van der Waals surface area contributed by atoms with Crippen molar-refractivity contribution in [1.82, 2.24) is 0 Å². The third-order valence-corrected chi connectivity index (χ3v) is 2.43. The van der Waals surface area contributed by atoms with Crippen LogP contribution in [0.5, 0.6) is 0 Å². The number of anilines is 1. The molecule has 0 aliphatic carbocycles. The van der Waals surface area contributed by atoms with Gasteiger partial charge in [0.2, 0.25) is 5.91 Å². The second-order valence-electron chi connectivity index (χ2n) is 3.38. The molecule has 1 amide bonds. The lowest BCUT2D eigenvalue weighted by molar-refractivity contribution is -0.113. The third-order valence-electron chi connectivity index (χ3n) is 2.19. The van der Waals surface area contributed by atoms with Gasteiger partial charge in [-0.25, -0.2) is 0 Å². The normalized spacial score (nSPS) is 16.3. The van der Waals surface area contributed by atoms with Crippen molar-refractivity contribution in [3.63, 3.8) is 0 Å². The zero-order valence-corrected chi connectivity index (χ0v) is 9.37. The van der Waals surface area contributed by atoms with E-state index in [1.54, 1.807) is 6.07 Å². The molecular weight excluding hydrogens is 230 g/mol. The summed E-state index contributed by atoms with van der Waals surface area (Å²) in [6.45, 7) is 1.20. The molecule has 1 fully saturated rings. The van der Waals surface area contributed by atoms with Crippen LogP contribution in [0.2, 0.25) is 0 Å². The van der Waals surface area contributed by atoms with Gasteiger partial charge in [0.15, 0.2) is 6.29 Å². The van der Waals surface area contributed by atoms with Gasteiger partial charge < -0.3 is 14.8 Å². The van der Waals surface area contributed by atoms with E-state index in [9.17, 15) is 4.79 Å². The summed E-state index contributed by atoms with van der Waals surface area (Å²) >= 11 is 5.41. The number of hydrogen-bond acceptors (Lipinski definition) is 3. The number of rotatable bonds is 3. The van der Waals surface area contributed by atoms with Crippen LogP contribution < -0.4 is 5.32 Å². The fraction of sp³-hybridized carbons (Fsp3) is 0.364. The van der Waals surface area contributed by atoms with Gasteiger partial charge in [0.05, 0.1) is 13.2 Å². The molecule has 0 unspecified atom stereocenters. The van der Waals surface area contributed by atoms with Gasteiger partial charge >= 0.3 is 0 Å². The molecule has 5 heteroatoms. The highest BCUT2D eigenvalue weighted by Crippen LogP contribution is 2.25. The van der Waals surface area contributed by atoms with Crippen molar-refractivity contribution in [3.8, 4) is 0 Å². The molecule has 1 saturated heterocycles. The van der Waals surface area contributed by atoms with E-state index < -0.39 is 0 Å². The van der Waals surface area contributed by atoms with Crippen LogP contribution in [0.3, 0.4) is 0 Å². The fourth-order valence-electron chi connectivity index (χ4n) is 1.51. The number of ether oxygens (including phenoxy) is 2. The Morgan fingerprint density at radius 1 is 1.44 bits per heavy atom.